The van der Waals surface area contributed by atoms with E-state index < -0.39 is 11.1 Å². The maximum atomic E-state index is 13.4. The topological polar surface area (TPSA) is 142 Å². The van der Waals surface area contributed by atoms with Gasteiger partial charge in [0.25, 0.3) is 11.8 Å². The van der Waals surface area contributed by atoms with Crippen LogP contribution in [0.15, 0.2) is 30.5 Å². The number of para-hydroxylation sites is 1. The summed E-state index contributed by atoms with van der Waals surface area (Å²) in [4.78, 5) is 48.5. The quantitative estimate of drug-likeness (QED) is 0.275. The molecule has 0 radical (unpaired) electrons. The van der Waals surface area contributed by atoms with E-state index in [-0.39, 0.29) is 29.2 Å². The minimum atomic E-state index is -0.503. The van der Waals surface area contributed by atoms with Crippen molar-refractivity contribution in [2.75, 3.05) is 51.0 Å². The molecule has 1 aromatic carbocycles. The second-order valence-electron chi connectivity index (χ2n) is 13.0. The Labute approximate surface area is 262 Å². The van der Waals surface area contributed by atoms with Crippen molar-refractivity contribution in [2.45, 2.75) is 18.1 Å². The van der Waals surface area contributed by atoms with Crippen LogP contribution in [0, 0.1) is 17.8 Å². The van der Waals surface area contributed by atoms with Crippen LogP contribution in [0.5, 0.6) is 5.75 Å². The summed E-state index contributed by atoms with van der Waals surface area (Å²) in [7, 11) is 9.33. The lowest BCUT2D eigenvalue weighted by atomic mass is 9.49. The first kappa shape index (κ1) is 30.1. The maximum absolute atomic E-state index is 13.4. The Kier molecular flexibility index (Phi) is 8.14. The molecule has 0 bridgehead atoms. The molecule has 2 saturated heterocycles. The molecular formula is C28H35B3N8O4S. The van der Waals surface area contributed by atoms with Gasteiger partial charge in [-0.3, -0.25) is 14.4 Å². The number of carbonyl (C=O) groups excluding carboxylic acids is 3. The molecule has 2 unspecified atom stereocenters. The summed E-state index contributed by atoms with van der Waals surface area (Å²) in [6.45, 7) is 3.61. The van der Waals surface area contributed by atoms with E-state index in [0.717, 1.165) is 39.0 Å². The number of amides is 3. The van der Waals surface area contributed by atoms with Crippen molar-refractivity contribution in [3.8, 4) is 16.3 Å². The lowest BCUT2D eigenvalue weighted by molar-refractivity contribution is -0.117. The molecule has 16 heteroatoms. The summed E-state index contributed by atoms with van der Waals surface area (Å²) in [6, 6.07) is 7.14. The summed E-state index contributed by atoms with van der Waals surface area (Å²) in [5, 5.41) is 17.4. The molecule has 3 aromatic rings. The van der Waals surface area contributed by atoms with E-state index in [0.29, 0.717) is 44.4 Å². The van der Waals surface area contributed by atoms with Crippen LogP contribution < -0.4 is 20.7 Å². The predicted octanol–water partition coefficient (Wildman–Crippen LogP) is -0.425. The molecule has 3 fully saturated rings. The summed E-state index contributed by atoms with van der Waals surface area (Å²) < 4.78 is 5.85. The highest BCUT2D eigenvalue weighted by molar-refractivity contribution is 7.17. The van der Waals surface area contributed by atoms with Gasteiger partial charge in [-0.1, -0.05) is 6.07 Å². The van der Waals surface area contributed by atoms with Crippen molar-refractivity contribution in [1.29, 1.82) is 0 Å². The van der Waals surface area contributed by atoms with Crippen LogP contribution in [0.4, 0.5) is 17.2 Å². The summed E-state index contributed by atoms with van der Waals surface area (Å²) in [6.07, 6.45) is 3.33. The second kappa shape index (κ2) is 11.9. The fourth-order valence-corrected chi connectivity index (χ4v) is 6.81. The Balaban J connectivity index is 1.27. The van der Waals surface area contributed by atoms with Gasteiger partial charge >= 0.3 is 0 Å². The zero-order chi connectivity index (χ0) is 31.2. The molecule has 6 rings (SSSR count). The van der Waals surface area contributed by atoms with Crippen LogP contribution in [-0.2, 0) is 4.79 Å². The molecule has 3 aliphatic rings. The first-order valence-electron chi connectivity index (χ1n) is 14.9. The van der Waals surface area contributed by atoms with Gasteiger partial charge in [-0.05, 0) is 49.1 Å². The first-order chi connectivity index (χ1) is 21.0. The minimum absolute atomic E-state index is 0.0113. The Hall–Kier alpha value is -3.91. The van der Waals surface area contributed by atoms with Crippen LogP contribution in [-0.4, -0.2) is 112 Å². The normalized spacial score (nSPS) is 19.8. The van der Waals surface area contributed by atoms with Crippen molar-refractivity contribution < 1.29 is 19.1 Å². The Bertz CT molecular complexity index is 1600. The van der Waals surface area contributed by atoms with Crippen molar-refractivity contribution in [3.63, 3.8) is 0 Å². The molecule has 1 aliphatic carbocycles. The monoisotopic (exact) mass is 612 g/mol. The van der Waals surface area contributed by atoms with Gasteiger partial charge in [-0.2, -0.15) is 0 Å². The largest absolute Gasteiger partial charge is 0.494 e. The number of hydrogen-bond donors (Lipinski definition) is 3. The molecule has 2 aliphatic heterocycles. The summed E-state index contributed by atoms with van der Waals surface area (Å²) in [5.74, 6) is 1.25. The Morgan fingerprint density at radius 2 is 1.77 bits per heavy atom. The zero-order valence-electron chi connectivity index (χ0n) is 25.6. The number of methoxy groups -OCH3 is 1. The molecule has 4 heterocycles. The fourth-order valence-electron chi connectivity index (χ4n) is 5.91. The van der Waals surface area contributed by atoms with Crippen molar-refractivity contribution in [1.82, 2.24) is 30.3 Å². The van der Waals surface area contributed by atoms with Crippen LogP contribution in [0.3, 0.4) is 0 Å². The predicted molar refractivity (Wildman–Crippen MR) is 177 cm³/mol. The summed E-state index contributed by atoms with van der Waals surface area (Å²) in [5.41, 5.74) is 1.68. The minimum Gasteiger partial charge on any atom is -0.494 e. The number of thiazole rings is 1. The van der Waals surface area contributed by atoms with Gasteiger partial charge in [-0.15, -0.1) is 21.5 Å². The first-order valence-corrected chi connectivity index (χ1v) is 15.7. The van der Waals surface area contributed by atoms with E-state index in [2.05, 4.69) is 43.1 Å². The van der Waals surface area contributed by atoms with Gasteiger partial charge in [-0.25, -0.2) is 4.98 Å². The standard InChI is InChI=1S/C28H35B3N8O4S/c1-38-10-15-12-39(13-16(15)11-38)27(42)20-9-32-26(44-20)17-4-3-5-18(23(17)43-2)33-19-8-21(34-24(40)14-6-7-14)36-37-22(19)25(41)35-28(29,30)31/h3-5,8-9,14-16H,6-7,10-13,29-31H2,1-2H3,(H,35,41)(H2,33,34,36,40). The molecule has 2 atom stereocenters. The molecule has 12 nitrogen and oxygen atoms in total. The number of ether oxygens (including phenoxy) is 1. The number of hydrogen-bond acceptors (Lipinski definition) is 10. The maximum Gasteiger partial charge on any atom is 0.272 e. The van der Waals surface area contributed by atoms with Crippen LogP contribution >= 0.6 is 11.3 Å². The molecule has 3 amide bonds. The van der Waals surface area contributed by atoms with Crippen molar-refractivity contribution in [3.05, 3.63) is 41.0 Å². The molecular weight excluding hydrogens is 577 g/mol. The highest BCUT2D eigenvalue weighted by atomic mass is 32.1. The zero-order valence-corrected chi connectivity index (χ0v) is 26.5. The fraction of sp³-hybridized carbons (Fsp3) is 0.429. The Morgan fingerprint density at radius 3 is 2.43 bits per heavy atom. The van der Waals surface area contributed by atoms with Crippen molar-refractivity contribution in [2.24, 2.45) is 17.8 Å². The number of aromatic nitrogens is 3. The van der Waals surface area contributed by atoms with Gasteiger partial charge in [0.1, 0.15) is 33.4 Å². The van der Waals surface area contributed by atoms with E-state index in [9.17, 15) is 14.4 Å². The number of carbonyl (C=O) groups is 3. The molecule has 1 saturated carbocycles. The SMILES string of the molecule is BC(B)(B)NC(=O)c1nnc(NC(=O)C2CC2)cc1Nc1cccc(-c2ncc(C(=O)N3CC4CN(C)CC4C3)s2)c1OC. The van der Waals surface area contributed by atoms with E-state index >= 15 is 0 Å². The van der Waals surface area contributed by atoms with Gasteiger partial charge in [0.2, 0.25) is 5.91 Å². The average Bonchev–Trinajstić information content (AvgIpc) is 3.42. The van der Waals surface area contributed by atoms with Gasteiger partial charge in [0, 0.05) is 38.2 Å². The Morgan fingerprint density at radius 1 is 1.05 bits per heavy atom. The van der Waals surface area contributed by atoms with Crippen molar-refractivity contribution >= 4 is 69.8 Å². The molecule has 44 heavy (non-hydrogen) atoms. The molecule has 0 spiro atoms. The van der Waals surface area contributed by atoms with E-state index in [1.165, 1.54) is 11.3 Å². The highest BCUT2D eigenvalue weighted by Crippen LogP contribution is 2.41. The number of rotatable bonds is 9. The molecule has 226 valence electrons. The van der Waals surface area contributed by atoms with Gasteiger partial charge in [0.05, 0.1) is 30.2 Å². The van der Waals surface area contributed by atoms with Gasteiger partial charge < -0.3 is 30.5 Å². The average molecular weight is 612 g/mol. The number of nitrogens with one attached hydrogen (secondary N) is 3. The van der Waals surface area contributed by atoms with Crippen LogP contribution in [0.1, 0.15) is 33.0 Å². The van der Waals surface area contributed by atoms with E-state index in [1.807, 2.05) is 46.6 Å². The number of benzene rings is 1. The lowest BCUT2D eigenvalue weighted by Gasteiger charge is -2.22. The second-order valence-corrected chi connectivity index (χ2v) is 14.0. The molecule has 2 aromatic heterocycles. The van der Waals surface area contributed by atoms with E-state index in [4.69, 9.17) is 4.74 Å². The third-order valence-corrected chi connectivity index (χ3v) is 9.11. The lowest BCUT2D eigenvalue weighted by Crippen LogP contribution is -2.50. The number of anilines is 3. The smallest absolute Gasteiger partial charge is 0.272 e. The van der Waals surface area contributed by atoms with Crippen LogP contribution in [0.25, 0.3) is 10.6 Å². The van der Waals surface area contributed by atoms with E-state index in [1.54, 1.807) is 19.4 Å². The third kappa shape index (κ3) is 6.46. The third-order valence-electron chi connectivity index (χ3n) is 8.09. The van der Waals surface area contributed by atoms with Gasteiger partial charge in [0.15, 0.2) is 17.3 Å². The number of nitrogens with zero attached hydrogens (tertiary/aromatic N) is 5. The molecule has 3 N–H and O–H groups in total. The highest BCUT2D eigenvalue weighted by Gasteiger charge is 2.41. The van der Waals surface area contributed by atoms with Crippen LogP contribution in [0.2, 0.25) is 0 Å². The number of likely N-dealkylation sites (tertiary alicyclic amines) is 2. The number of fused-ring (bicyclic) bond motifs is 1. The summed E-state index contributed by atoms with van der Waals surface area (Å²) >= 11 is 1.33.